The summed E-state index contributed by atoms with van der Waals surface area (Å²) in [6, 6.07) is 18.0. The molecule has 0 spiro atoms. The van der Waals surface area contributed by atoms with E-state index in [1.807, 2.05) is 37.3 Å². The van der Waals surface area contributed by atoms with Gasteiger partial charge in [-0.1, -0.05) is 35.9 Å². The fourth-order valence-electron chi connectivity index (χ4n) is 3.05. The van der Waals surface area contributed by atoms with Crippen molar-refractivity contribution in [2.45, 2.75) is 33.9 Å². The molecule has 1 N–H and O–H groups in total. The molecule has 3 aromatic rings. The Morgan fingerprint density at radius 2 is 1.76 bits per heavy atom. The van der Waals surface area contributed by atoms with Crippen LogP contribution in [0.5, 0.6) is 11.5 Å². The highest BCUT2D eigenvalue weighted by atomic mass is 79.9. The summed E-state index contributed by atoms with van der Waals surface area (Å²) in [6.07, 6.45) is 0. The highest BCUT2D eigenvalue weighted by Crippen LogP contribution is 2.38. The van der Waals surface area contributed by atoms with E-state index in [1.54, 1.807) is 0 Å². The van der Waals surface area contributed by atoms with Gasteiger partial charge in [-0.25, -0.2) is 0 Å². The summed E-state index contributed by atoms with van der Waals surface area (Å²) >= 11 is 9.72. The van der Waals surface area contributed by atoms with Crippen LogP contribution in [0.1, 0.15) is 29.2 Å². The van der Waals surface area contributed by atoms with E-state index in [1.165, 1.54) is 11.1 Å². The monoisotopic (exact) mass is 473 g/mol. The number of anilines is 1. The number of nitrogens with one attached hydrogen (secondary N) is 1. The van der Waals surface area contributed by atoms with Crippen LogP contribution in [-0.2, 0) is 13.2 Å². The van der Waals surface area contributed by atoms with Gasteiger partial charge in [0.25, 0.3) is 0 Å². The molecular formula is C24H25BrClNO2. The van der Waals surface area contributed by atoms with Crippen LogP contribution in [0.25, 0.3) is 0 Å². The normalized spacial score (nSPS) is 10.7. The van der Waals surface area contributed by atoms with Crippen LogP contribution in [0.2, 0.25) is 5.02 Å². The van der Waals surface area contributed by atoms with Crippen LogP contribution < -0.4 is 14.8 Å². The van der Waals surface area contributed by atoms with E-state index >= 15 is 0 Å². The second-order valence-electron chi connectivity index (χ2n) is 6.86. The molecule has 0 amide bonds. The average molecular weight is 475 g/mol. The lowest BCUT2D eigenvalue weighted by Gasteiger charge is -2.17. The summed E-state index contributed by atoms with van der Waals surface area (Å²) in [5.41, 5.74) is 5.79. The van der Waals surface area contributed by atoms with Crippen molar-refractivity contribution < 1.29 is 9.47 Å². The zero-order valence-corrected chi connectivity index (χ0v) is 19.2. The van der Waals surface area contributed by atoms with Crippen LogP contribution >= 0.6 is 27.5 Å². The summed E-state index contributed by atoms with van der Waals surface area (Å²) < 4.78 is 12.8. The van der Waals surface area contributed by atoms with Crippen LogP contribution in [0.4, 0.5) is 5.69 Å². The largest absolute Gasteiger partial charge is 0.490 e. The number of ether oxygens (including phenoxy) is 2. The molecule has 0 aliphatic heterocycles. The van der Waals surface area contributed by atoms with Gasteiger partial charge in [-0.3, -0.25) is 0 Å². The second-order valence-corrected chi connectivity index (χ2v) is 8.15. The fourth-order valence-corrected chi connectivity index (χ4v) is 3.87. The number of halogens is 2. The maximum Gasteiger partial charge on any atom is 0.175 e. The molecule has 152 valence electrons. The van der Waals surface area contributed by atoms with Gasteiger partial charge in [0.15, 0.2) is 11.5 Å². The first kappa shape index (κ1) is 21.5. The maximum absolute atomic E-state index is 6.07. The van der Waals surface area contributed by atoms with Gasteiger partial charge >= 0.3 is 0 Å². The molecule has 0 bridgehead atoms. The predicted octanol–water partition coefficient (Wildman–Crippen LogP) is 7.31. The van der Waals surface area contributed by atoms with Gasteiger partial charge in [0.05, 0.1) is 11.1 Å². The summed E-state index contributed by atoms with van der Waals surface area (Å²) in [4.78, 5) is 0. The van der Waals surface area contributed by atoms with Gasteiger partial charge in [0.1, 0.15) is 6.61 Å². The van der Waals surface area contributed by atoms with E-state index in [-0.39, 0.29) is 0 Å². The number of hydrogen-bond donors (Lipinski definition) is 1. The zero-order chi connectivity index (χ0) is 20.8. The Hall–Kier alpha value is -2.17. The number of benzene rings is 3. The van der Waals surface area contributed by atoms with Crippen LogP contribution in [0.15, 0.2) is 59.1 Å². The molecule has 3 nitrogen and oxygen atoms in total. The van der Waals surface area contributed by atoms with E-state index in [0.717, 1.165) is 27.0 Å². The Labute approximate surface area is 186 Å². The van der Waals surface area contributed by atoms with E-state index in [4.69, 9.17) is 21.1 Å². The van der Waals surface area contributed by atoms with Crippen molar-refractivity contribution in [3.8, 4) is 11.5 Å². The van der Waals surface area contributed by atoms with E-state index in [9.17, 15) is 0 Å². The summed E-state index contributed by atoms with van der Waals surface area (Å²) in [7, 11) is 0. The number of rotatable bonds is 8. The molecule has 5 heteroatoms. The molecule has 0 unspecified atom stereocenters. The van der Waals surface area contributed by atoms with Gasteiger partial charge < -0.3 is 14.8 Å². The lowest BCUT2D eigenvalue weighted by Crippen LogP contribution is -2.05. The minimum absolute atomic E-state index is 0.416. The lowest BCUT2D eigenvalue weighted by atomic mass is 10.1. The third-order valence-corrected chi connectivity index (χ3v) is 5.55. The van der Waals surface area contributed by atoms with Gasteiger partial charge in [0, 0.05) is 17.3 Å². The molecule has 29 heavy (non-hydrogen) atoms. The van der Waals surface area contributed by atoms with Crippen molar-refractivity contribution in [2.75, 3.05) is 11.9 Å². The molecule has 0 fully saturated rings. The second kappa shape index (κ2) is 10.0. The molecule has 0 radical (unpaired) electrons. The third kappa shape index (κ3) is 5.68. The Bertz CT molecular complexity index is 991. The summed E-state index contributed by atoms with van der Waals surface area (Å²) in [5, 5.41) is 4.22. The van der Waals surface area contributed by atoms with Crippen LogP contribution in [-0.4, -0.2) is 6.61 Å². The Kier molecular flexibility index (Phi) is 7.45. The summed E-state index contributed by atoms with van der Waals surface area (Å²) in [5.74, 6) is 1.42. The van der Waals surface area contributed by atoms with Gasteiger partial charge in [0.2, 0.25) is 0 Å². The standard InChI is InChI=1S/C24H25BrClNO2/c1-4-28-23-13-19(14-27-22-10-5-7-16(2)17(22)3)12-21(25)24(23)29-15-18-8-6-9-20(26)11-18/h5-13,27H,4,14-15H2,1-3H3. The molecule has 0 aliphatic carbocycles. The fraction of sp³-hybridized carbons (Fsp3) is 0.250. The average Bonchev–Trinajstić information content (AvgIpc) is 2.69. The van der Waals surface area contributed by atoms with Crippen molar-refractivity contribution in [1.29, 1.82) is 0 Å². The molecule has 3 rings (SSSR count). The van der Waals surface area contributed by atoms with Crippen molar-refractivity contribution >= 4 is 33.2 Å². The van der Waals surface area contributed by atoms with Crippen molar-refractivity contribution in [1.82, 2.24) is 0 Å². The van der Waals surface area contributed by atoms with Gasteiger partial charge in [-0.2, -0.15) is 0 Å². The van der Waals surface area contributed by atoms with Crippen molar-refractivity contribution in [3.63, 3.8) is 0 Å². The van der Waals surface area contributed by atoms with E-state index in [0.29, 0.717) is 30.5 Å². The van der Waals surface area contributed by atoms with Crippen LogP contribution in [0, 0.1) is 13.8 Å². The predicted molar refractivity (Wildman–Crippen MR) is 124 cm³/mol. The zero-order valence-electron chi connectivity index (χ0n) is 16.9. The minimum Gasteiger partial charge on any atom is -0.490 e. The molecular weight excluding hydrogens is 450 g/mol. The molecule has 0 saturated carbocycles. The number of hydrogen-bond acceptors (Lipinski definition) is 3. The molecule has 0 aromatic heterocycles. The topological polar surface area (TPSA) is 30.5 Å². The van der Waals surface area contributed by atoms with Crippen molar-refractivity contribution in [2.24, 2.45) is 0 Å². The first-order valence-corrected chi connectivity index (χ1v) is 10.8. The first-order chi connectivity index (χ1) is 14.0. The molecule has 0 heterocycles. The van der Waals surface area contributed by atoms with Crippen LogP contribution in [0.3, 0.4) is 0 Å². The first-order valence-electron chi connectivity index (χ1n) is 9.60. The molecule has 0 saturated heterocycles. The molecule has 0 atom stereocenters. The lowest BCUT2D eigenvalue weighted by molar-refractivity contribution is 0.267. The Balaban J connectivity index is 1.77. The minimum atomic E-state index is 0.416. The molecule has 3 aromatic carbocycles. The Morgan fingerprint density at radius 3 is 2.52 bits per heavy atom. The smallest absolute Gasteiger partial charge is 0.175 e. The number of aryl methyl sites for hydroxylation is 1. The van der Waals surface area contributed by atoms with E-state index in [2.05, 4.69) is 59.4 Å². The third-order valence-electron chi connectivity index (χ3n) is 4.73. The van der Waals surface area contributed by atoms with E-state index < -0.39 is 0 Å². The Morgan fingerprint density at radius 1 is 0.966 bits per heavy atom. The quantitative estimate of drug-likeness (QED) is 0.371. The highest BCUT2D eigenvalue weighted by Gasteiger charge is 2.13. The maximum atomic E-state index is 6.07. The summed E-state index contributed by atoms with van der Waals surface area (Å²) in [6.45, 7) is 7.89. The van der Waals surface area contributed by atoms with Gasteiger partial charge in [-0.15, -0.1) is 0 Å². The van der Waals surface area contributed by atoms with Gasteiger partial charge in [-0.05, 0) is 89.3 Å². The molecule has 0 aliphatic rings. The van der Waals surface area contributed by atoms with Crippen molar-refractivity contribution in [3.05, 3.63) is 86.3 Å². The highest BCUT2D eigenvalue weighted by molar-refractivity contribution is 9.10. The SMILES string of the molecule is CCOc1cc(CNc2cccc(C)c2C)cc(Br)c1OCc1cccc(Cl)c1.